The number of halogens is 1. The second kappa shape index (κ2) is 5.96. The number of morpholine rings is 1. The molecule has 142 valence electrons. The number of hydrogen-bond acceptors (Lipinski definition) is 7. The molecule has 4 heterocycles. The predicted octanol–water partition coefficient (Wildman–Crippen LogP) is 2.79. The van der Waals surface area contributed by atoms with Gasteiger partial charge in [-0.2, -0.15) is 4.98 Å². The van der Waals surface area contributed by atoms with Crippen LogP contribution in [-0.4, -0.2) is 50.8 Å². The SMILES string of the molecule is Fc1ccc2c(c1)c(N1CCOCC1)nc1c(-c3nc(C4CC4)no3)ncn12. The van der Waals surface area contributed by atoms with Gasteiger partial charge in [0.1, 0.15) is 18.0 Å². The van der Waals surface area contributed by atoms with E-state index in [-0.39, 0.29) is 5.82 Å². The molecule has 0 N–H and O–H groups in total. The second-order valence-corrected chi connectivity index (χ2v) is 7.22. The van der Waals surface area contributed by atoms with Gasteiger partial charge in [0.05, 0.1) is 18.7 Å². The summed E-state index contributed by atoms with van der Waals surface area (Å²) in [4.78, 5) is 16.0. The van der Waals surface area contributed by atoms with Gasteiger partial charge >= 0.3 is 0 Å². The number of fused-ring (bicyclic) bond motifs is 3. The monoisotopic (exact) mass is 380 g/mol. The molecule has 1 aliphatic carbocycles. The molecule has 0 unspecified atom stereocenters. The molecule has 0 bridgehead atoms. The minimum Gasteiger partial charge on any atom is -0.378 e. The maximum atomic E-state index is 14.0. The highest BCUT2D eigenvalue weighted by Gasteiger charge is 2.30. The van der Waals surface area contributed by atoms with Gasteiger partial charge in [0.2, 0.25) is 0 Å². The quantitative estimate of drug-likeness (QED) is 0.540. The van der Waals surface area contributed by atoms with E-state index < -0.39 is 0 Å². The van der Waals surface area contributed by atoms with Crippen molar-refractivity contribution in [3.8, 4) is 11.6 Å². The molecule has 1 saturated heterocycles. The Morgan fingerprint density at radius 2 is 1.96 bits per heavy atom. The van der Waals surface area contributed by atoms with Crippen LogP contribution in [0.1, 0.15) is 24.6 Å². The minimum atomic E-state index is -0.297. The Morgan fingerprint density at radius 3 is 2.79 bits per heavy atom. The van der Waals surface area contributed by atoms with Crippen LogP contribution in [0.4, 0.5) is 10.2 Å². The van der Waals surface area contributed by atoms with Crippen LogP contribution in [0.3, 0.4) is 0 Å². The fraction of sp³-hybridized carbons (Fsp3) is 0.368. The van der Waals surface area contributed by atoms with Crippen molar-refractivity contribution in [2.24, 2.45) is 0 Å². The maximum Gasteiger partial charge on any atom is 0.280 e. The van der Waals surface area contributed by atoms with Crippen LogP contribution in [0.2, 0.25) is 0 Å². The average molecular weight is 380 g/mol. The number of rotatable bonds is 3. The fourth-order valence-corrected chi connectivity index (χ4v) is 3.69. The molecule has 4 aromatic rings. The van der Waals surface area contributed by atoms with Crippen LogP contribution in [-0.2, 0) is 4.74 Å². The van der Waals surface area contributed by atoms with Gasteiger partial charge in [0.25, 0.3) is 5.89 Å². The Hall–Kier alpha value is -3.07. The highest BCUT2D eigenvalue weighted by Crippen LogP contribution is 2.39. The van der Waals surface area contributed by atoms with Crippen molar-refractivity contribution in [3.05, 3.63) is 36.2 Å². The van der Waals surface area contributed by atoms with Crippen molar-refractivity contribution in [2.45, 2.75) is 18.8 Å². The van der Waals surface area contributed by atoms with Gasteiger partial charge in [-0.25, -0.2) is 14.4 Å². The van der Waals surface area contributed by atoms with Crippen molar-refractivity contribution >= 4 is 22.4 Å². The molecule has 2 aliphatic rings. The molecule has 1 aliphatic heterocycles. The second-order valence-electron chi connectivity index (χ2n) is 7.22. The van der Waals surface area contributed by atoms with Crippen molar-refractivity contribution in [1.29, 1.82) is 0 Å². The van der Waals surface area contributed by atoms with Crippen molar-refractivity contribution in [1.82, 2.24) is 24.5 Å². The van der Waals surface area contributed by atoms with Gasteiger partial charge < -0.3 is 14.2 Å². The summed E-state index contributed by atoms with van der Waals surface area (Å²) in [7, 11) is 0. The van der Waals surface area contributed by atoms with Gasteiger partial charge in [-0.15, -0.1) is 0 Å². The zero-order valence-electron chi connectivity index (χ0n) is 15.0. The highest BCUT2D eigenvalue weighted by atomic mass is 19.1. The van der Waals surface area contributed by atoms with Crippen LogP contribution in [0.15, 0.2) is 29.0 Å². The average Bonchev–Trinajstić information content (AvgIpc) is 3.30. The Balaban J connectivity index is 1.58. The van der Waals surface area contributed by atoms with E-state index in [0.717, 1.165) is 29.6 Å². The van der Waals surface area contributed by atoms with E-state index in [1.54, 1.807) is 12.4 Å². The number of imidazole rings is 1. The van der Waals surface area contributed by atoms with Crippen molar-refractivity contribution in [2.75, 3.05) is 31.2 Å². The molecule has 28 heavy (non-hydrogen) atoms. The summed E-state index contributed by atoms with van der Waals surface area (Å²) in [5.74, 6) is 1.91. The third-order valence-corrected chi connectivity index (χ3v) is 5.31. The number of nitrogens with zero attached hydrogens (tertiary/aromatic N) is 6. The summed E-state index contributed by atoms with van der Waals surface area (Å²) < 4.78 is 26.8. The molecular weight excluding hydrogens is 363 g/mol. The van der Waals surface area contributed by atoms with E-state index >= 15 is 0 Å². The summed E-state index contributed by atoms with van der Waals surface area (Å²) in [6, 6.07) is 4.71. The highest BCUT2D eigenvalue weighted by molar-refractivity contribution is 5.93. The van der Waals surface area contributed by atoms with Gasteiger partial charge in [-0.1, -0.05) is 5.16 Å². The van der Waals surface area contributed by atoms with Crippen LogP contribution >= 0.6 is 0 Å². The van der Waals surface area contributed by atoms with Gasteiger partial charge in [-0.05, 0) is 31.0 Å². The smallest absolute Gasteiger partial charge is 0.280 e. The Morgan fingerprint density at radius 1 is 1.11 bits per heavy atom. The first-order chi connectivity index (χ1) is 13.8. The normalized spacial score (nSPS) is 17.7. The first-order valence-electron chi connectivity index (χ1n) is 9.41. The van der Waals surface area contributed by atoms with Gasteiger partial charge in [0, 0.05) is 24.4 Å². The Kier molecular flexibility index (Phi) is 3.39. The lowest BCUT2D eigenvalue weighted by Gasteiger charge is -2.29. The van der Waals surface area contributed by atoms with E-state index in [1.165, 1.54) is 12.1 Å². The molecule has 0 atom stereocenters. The molecule has 6 rings (SSSR count). The topological polar surface area (TPSA) is 81.6 Å². The van der Waals surface area contributed by atoms with E-state index in [2.05, 4.69) is 20.0 Å². The molecule has 0 amide bonds. The fourth-order valence-electron chi connectivity index (χ4n) is 3.69. The Bertz CT molecular complexity index is 1190. The number of ether oxygens (including phenoxy) is 1. The van der Waals surface area contributed by atoms with E-state index in [9.17, 15) is 4.39 Å². The van der Waals surface area contributed by atoms with Crippen LogP contribution in [0.5, 0.6) is 0 Å². The van der Waals surface area contributed by atoms with Crippen LogP contribution in [0.25, 0.3) is 28.1 Å². The zero-order chi connectivity index (χ0) is 18.7. The molecule has 2 fully saturated rings. The van der Waals surface area contributed by atoms with Gasteiger partial charge in [0.15, 0.2) is 17.2 Å². The maximum absolute atomic E-state index is 14.0. The third-order valence-electron chi connectivity index (χ3n) is 5.31. The zero-order valence-corrected chi connectivity index (χ0v) is 15.0. The lowest BCUT2D eigenvalue weighted by molar-refractivity contribution is 0.122. The summed E-state index contributed by atoms with van der Waals surface area (Å²) in [5.41, 5.74) is 1.99. The number of benzene rings is 1. The van der Waals surface area contributed by atoms with Crippen molar-refractivity contribution < 1.29 is 13.7 Å². The molecule has 0 spiro atoms. The predicted molar refractivity (Wildman–Crippen MR) is 98.8 cm³/mol. The summed E-state index contributed by atoms with van der Waals surface area (Å²) >= 11 is 0. The summed E-state index contributed by atoms with van der Waals surface area (Å²) in [6.07, 6.45) is 3.86. The molecule has 9 heteroatoms. The lowest BCUT2D eigenvalue weighted by atomic mass is 10.2. The third kappa shape index (κ3) is 2.46. The molecule has 3 aromatic heterocycles. The first kappa shape index (κ1) is 15.9. The number of aromatic nitrogens is 5. The van der Waals surface area contributed by atoms with E-state index in [0.29, 0.717) is 55.3 Å². The minimum absolute atomic E-state index is 0.297. The first-order valence-corrected chi connectivity index (χ1v) is 9.41. The molecular formula is C19H17FN6O2. The van der Waals surface area contributed by atoms with Crippen molar-refractivity contribution in [3.63, 3.8) is 0 Å². The number of anilines is 1. The molecule has 0 radical (unpaired) electrons. The summed E-state index contributed by atoms with van der Waals surface area (Å²) in [6.45, 7) is 2.63. The largest absolute Gasteiger partial charge is 0.378 e. The standard InChI is InChI=1S/C19H17FN6O2/c20-12-3-4-14-13(9-12)17(25-5-7-27-8-6-25)23-18-15(21-10-26(14)18)19-22-16(24-28-19)11-1-2-11/h3-4,9-11H,1-2,5-8H2. The van der Waals surface area contributed by atoms with Crippen LogP contribution < -0.4 is 4.90 Å². The van der Waals surface area contributed by atoms with Crippen LogP contribution in [0, 0.1) is 5.82 Å². The Labute approximate surface area is 158 Å². The van der Waals surface area contributed by atoms with E-state index in [4.69, 9.17) is 14.2 Å². The molecule has 1 saturated carbocycles. The lowest BCUT2D eigenvalue weighted by Crippen LogP contribution is -2.37. The van der Waals surface area contributed by atoms with E-state index in [1.807, 2.05) is 4.40 Å². The molecule has 8 nitrogen and oxygen atoms in total. The summed E-state index contributed by atoms with van der Waals surface area (Å²) in [5, 5.41) is 4.83. The van der Waals surface area contributed by atoms with Gasteiger partial charge in [-0.3, -0.25) is 4.40 Å². The molecule has 1 aromatic carbocycles. The number of hydrogen-bond donors (Lipinski definition) is 0.